The third-order valence-electron chi connectivity index (χ3n) is 4.97. The van der Waals surface area contributed by atoms with Crippen molar-refractivity contribution in [2.24, 2.45) is 0 Å². The van der Waals surface area contributed by atoms with Crippen LogP contribution in [0.25, 0.3) is 10.8 Å². The highest BCUT2D eigenvalue weighted by Gasteiger charge is 2.15. The van der Waals surface area contributed by atoms with Crippen LogP contribution in [0, 0.1) is 13.8 Å². The van der Waals surface area contributed by atoms with Gasteiger partial charge in [0.25, 0.3) is 0 Å². The Morgan fingerprint density at radius 2 is 1.73 bits per heavy atom. The number of nitrogens with zero attached hydrogens (tertiary/aromatic N) is 2. The number of carbonyl (C=O) groups excluding carboxylic acids is 1. The fourth-order valence-electron chi connectivity index (χ4n) is 3.44. The molecule has 152 valence electrons. The molecule has 2 amide bonds. The van der Waals surface area contributed by atoms with Crippen molar-refractivity contribution in [3.05, 3.63) is 87.7 Å². The standard InChI is InChI=1S/C23H20Cl2N4O/c1-14-22(15(2)29(28-14)13-16-10-11-19(24)20(25)12-16)27-23(30)26-21-9-5-7-17-6-3-4-8-18(17)21/h3-12H,13H2,1-2H3,(H2,26,27,30). The minimum absolute atomic E-state index is 0.313. The highest BCUT2D eigenvalue weighted by molar-refractivity contribution is 6.42. The van der Waals surface area contributed by atoms with Crippen molar-refractivity contribution in [1.29, 1.82) is 0 Å². The van der Waals surface area contributed by atoms with Crippen LogP contribution in [0.2, 0.25) is 10.0 Å². The molecule has 0 saturated carbocycles. The quantitative estimate of drug-likeness (QED) is 0.374. The van der Waals surface area contributed by atoms with Crippen molar-refractivity contribution in [3.8, 4) is 0 Å². The van der Waals surface area contributed by atoms with Crippen LogP contribution in [0.4, 0.5) is 16.2 Å². The summed E-state index contributed by atoms with van der Waals surface area (Å²) < 4.78 is 1.84. The number of hydrogen-bond acceptors (Lipinski definition) is 2. The van der Waals surface area contributed by atoms with Gasteiger partial charge in [-0.15, -0.1) is 0 Å². The molecule has 1 aromatic heterocycles. The second kappa shape index (κ2) is 8.38. The van der Waals surface area contributed by atoms with Crippen molar-refractivity contribution < 1.29 is 4.79 Å². The van der Waals surface area contributed by atoms with Gasteiger partial charge in [-0.25, -0.2) is 4.79 Å². The lowest BCUT2D eigenvalue weighted by Crippen LogP contribution is -2.20. The SMILES string of the molecule is Cc1nn(Cc2ccc(Cl)c(Cl)c2)c(C)c1NC(=O)Nc1cccc2ccccc12. The fraction of sp³-hybridized carbons (Fsp3) is 0.130. The highest BCUT2D eigenvalue weighted by Crippen LogP contribution is 2.26. The minimum atomic E-state index is -0.313. The van der Waals surface area contributed by atoms with Gasteiger partial charge in [0.1, 0.15) is 0 Å². The Labute approximate surface area is 184 Å². The molecule has 3 aromatic carbocycles. The number of benzene rings is 3. The summed E-state index contributed by atoms with van der Waals surface area (Å²) >= 11 is 12.1. The molecule has 0 unspecified atom stereocenters. The molecule has 1 heterocycles. The van der Waals surface area contributed by atoms with Gasteiger partial charge in [0.15, 0.2) is 0 Å². The van der Waals surface area contributed by atoms with E-state index in [9.17, 15) is 4.79 Å². The topological polar surface area (TPSA) is 59.0 Å². The van der Waals surface area contributed by atoms with Gasteiger partial charge < -0.3 is 10.6 Å². The summed E-state index contributed by atoms with van der Waals surface area (Å²) in [5.41, 5.74) is 4.01. The molecule has 0 fully saturated rings. The maximum Gasteiger partial charge on any atom is 0.323 e. The number of aromatic nitrogens is 2. The molecule has 0 spiro atoms. The third-order valence-corrected chi connectivity index (χ3v) is 5.71. The van der Waals surface area contributed by atoms with Crippen LogP contribution in [0.5, 0.6) is 0 Å². The molecule has 0 aliphatic carbocycles. The zero-order chi connectivity index (χ0) is 21.3. The van der Waals surface area contributed by atoms with Gasteiger partial charge in [-0.2, -0.15) is 5.10 Å². The summed E-state index contributed by atoms with van der Waals surface area (Å²) in [6, 6.07) is 18.9. The molecule has 0 aliphatic rings. The van der Waals surface area contributed by atoms with E-state index in [0.29, 0.717) is 22.3 Å². The van der Waals surface area contributed by atoms with Gasteiger partial charge in [0.05, 0.1) is 39.4 Å². The molecule has 0 radical (unpaired) electrons. The number of amides is 2. The first kappa shape index (κ1) is 20.3. The third kappa shape index (κ3) is 4.13. The summed E-state index contributed by atoms with van der Waals surface area (Å²) in [6.07, 6.45) is 0. The predicted molar refractivity (Wildman–Crippen MR) is 124 cm³/mol. The second-order valence-corrected chi connectivity index (χ2v) is 7.87. The Hall–Kier alpha value is -3.02. The maximum absolute atomic E-state index is 12.7. The minimum Gasteiger partial charge on any atom is -0.307 e. The van der Waals surface area contributed by atoms with Crippen molar-refractivity contribution in [3.63, 3.8) is 0 Å². The van der Waals surface area contributed by atoms with E-state index in [1.54, 1.807) is 6.07 Å². The van der Waals surface area contributed by atoms with Gasteiger partial charge in [0.2, 0.25) is 0 Å². The number of carbonyl (C=O) groups is 1. The van der Waals surface area contributed by atoms with Crippen LogP contribution >= 0.6 is 23.2 Å². The number of hydrogen-bond donors (Lipinski definition) is 2. The normalized spacial score (nSPS) is 10.9. The van der Waals surface area contributed by atoms with Crippen LogP contribution < -0.4 is 10.6 Å². The Morgan fingerprint density at radius 3 is 2.53 bits per heavy atom. The van der Waals surface area contributed by atoms with Crippen molar-refractivity contribution >= 4 is 51.4 Å². The molecule has 5 nitrogen and oxygen atoms in total. The number of urea groups is 1. The molecule has 0 saturated heterocycles. The molecular weight excluding hydrogens is 419 g/mol. The van der Waals surface area contributed by atoms with Crippen molar-refractivity contribution in [1.82, 2.24) is 9.78 Å². The lowest BCUT2D eigenvalue weighted by atomic mass is 10.1. The average Bonchev–Trinajstić information content (AvgIpc) is 2.98. The van der Waals surface area contributed by atoms with Crippen LogP contribution in [0.3, 0.4) is 0 Å². The Balaban J connectivity index is 1.53. The number of nitrogens with one attached hydrogen (secondary N) is 2. The largest absolute Gasteiger partial charge is 0.323 e. The van der Waals surface area contributed by atoms with E-state index >= 15 is 0 Å². The molecule has 0 aliphatic heterocycles. The average molecular weight is 439 g/mol. The fourth-order valence-corrected chi connectivity index (χ4v) is 3.76. The molecule has 0 bridgehead atoms. The van der Waals surface area contributed by atoms with Gasteiger partial charge in [-0.05, 0) is 43.0 Å². The molecule has 30 heavy (non-hydrogen) atoms. The summed E-state index contributed by atoms with van der Waals surface area (Å²) in [7, 11) is 0. The second-order valence-electron chi connectivity index (χ2n) is 7.06. The Bertz CT molecular complexity index is 1240. The number of anilines is 2. The van der Waals surface area contributed by atoms with Crippen LogP contribution in [0.15, 0.2) is 60.7 Å². The number of halogens is 2. The zero-order valence-electron chi connectivity index (χ0n) is 16.5. The van der Waals surface area contributed by atoms with E-state index in [1.165, 1.54) is 0 Å². The van der Waals surface area contributed by atoms with Gasteiger partial charge >= 0.3 is 6.03 Å². The molecule has 7 heteroatoms. The first-order chi connectivity index (χ1) is 14.4. The van der Waals surface area contributed by atoms with E-state index in [1.807, 2.05) is 73.1 Å². The summed E-state index contributed by atoms with van der Waals surface area (Å²) in [6.45, 7) is 4.31. The molecule has 4 rings (SSSR count). The monoisotopic (exact) mass is 438 g/mol. The van der Waals surface area contributed by atoms with Gasteiger partial charge in [-0.1, -0.05) is 65.7 Å². The predicted octanol–water partition coefficient (Wildman–Crippen LogP) is 6.65. The van der Waals surface area contributed by atoms with Crippen LogP contribution in [-0.4, -0.2) is 15.8 Å². The first-order valence-corrected chi connectivity index (χ1v) is 10.2. The number of fused-ring (bicyclic) bond motifs is 1. The van der Waals surface area contributed by atoms with Gasteiger partial charge in [-0.3, -0.25) is 4.68 Å². The highest BCUT2D eigenvalue weighted by atomic mass is 35.5. The molecular formula is C23H20Cl2N4O. The molecule has 4 aromatic rings. The Kier molecular flexibility index (Phi) is 5.66. The van der Waals surface area contributed by atoms with Crippen LogP contribution in [0.1, 0.15) is 17.0 Å². The maximum atomic E-state index is 12.7. The summed E-state index contributed by atoms with van der Waals surface area (Å²) in [5.74, 6) is 0. The number of rotatable bonds is 4. The zero-order valence-corrected chi connectivity index (χ0v) is 18.1. The lowest BCUT2D eigenvalue weighted by molar-refractivity contribution is 0.262. The molecule has 2 N–H and O–H groups in total. The van der Waals surface area contributed by atoms with E-state index in [0.717, 1.165) is 33.4 Å². The van der Waals surface area contributed by atoms with E-state index in [2.05, 4.69) is 15.7 Å². The van der Waals surface area contributed by atoms with Gasteiger partial charge in [0, 0.05) is 5.39 Å². The Morgan fingerprint density at radius 1 is 0.967 bits per heavy atom. The van der Waals surface area contributed by atoms with Crippen molar-refractivity contribution in [2.75, 3.05) is 10.6 Å². The lowest BCUT2D eigenvalue weighted by Gasteiger charge is -2.11. The van der Waals surface area contributed by atoms with Crippen LogP contribution in [-0.2, 0) is 6.54 Å². The number of aryl methyl sites for hydroxylation is 1. The smallest absolute Gasteiger partial charge is 0.307 e. The molecule has 0 atom stereocenters. The van der Waals surface area contributed by atoms with E-state index in [4.69, 9.17) is 23.2 Å². The summed E-state index contributed by atoms with van der Waals surface area (Å²) in [5, 5.41) is 13.5. The van der Waals surface area contributed by atoms with Crippen molar-refractivity contribution in [2.45, 2.75) is 20.4 Å². The first-order valence-electron chi connectivity index (χ1n) is 9.46. The summed E-state index contributed by atoms with van der Waals surface area (Å²) in [4.78, 5) is 12.7. The van der Waals surface area contributed by atoms with E-state index in [-0.39, 0.29) is 6.03 Å². The van der Waals surface area contributed by atoms with E-state index < -0.39 is 0 Å².